The summed E-state index contributed by atoms with van der Waals surface area (Å²) in [5, 5.41) is 12.9. The maximum atomic E-state index is 12.5. The number of likely N-dealkylation sites (tertiary alicyclic amines) is 1. The van der Waals surface area contributed by atoms with Crippen molar-refractivity contribution in [3.05, 3.63) is 54.0 Å². The van der Waals surface area contributed by atoms with E-state index in [9.17, 15) is 9.59 Å². The minimum atomic E-state index is -0.857. The predicted molar refractivity (Wildman–Crippen MR) is 153 cm³/mol. The first-order valence-electron chi connectivity index (χ1n) is 13.6. The number of alkyl carbamates (subject to hydrolysis) is 2. The Morgan fingerprint density at radius 1 is 0.976 bits per heavy atom. The van der Waals surface area contributed by atoms with E-state index in [-0.39, 0.29) is 5.92 Å². The van der Waals surface area contributed by atoms with E-state index in [1.54, 1.807) is 47.7 Å². The van der Waals surface area contributed by atoms with E-state index in [2.05, 4.69) is 31.1 Å². The Labute approximate surface area is 240 Å². The van der Waals surface area contributed by atoms with Gasteiger partial charge in [-0.15, -0.1) is 0 Å². The van der Waals surface area contributed by atoms with Gasteiger partial charge in [-0.1, -0.05) is 22.9 Å². The third-order valence-electron chi connectivity index (χ3n) is 6.03. The van der Waals surface area contributed by atoms with Crippen LogP contribution in [-0.2, 0) is 9.47 Å². The van der Waals surface area contributed by atoms with Crippen molar-refractivity contribution in [1.29, 1.82) is 0 Å². The molecule has 0 spiro atoms. The molecule has 1 saturated heterocycles. The van der Waals surface area contributed by atoms with Crippen molar-refractivity contribution in [3.8, 4) is 11.4 Å². The highest BCUT2D eigenvalue weighted by atomic mass is 16.6. The predicted octanol–water partition coefficient (Wildman–Crippen LogP) is 5.31. The summed E-state index contributed by atoms with van der Waals surface area (Å²) in [7, 11) is 0. The molecule has 12 nitrogen and oxygen atoms in total. The number of aryl methyl sites for hydroxylation is 1. The van der Waals surface area contributed by atoms with Crippen LogP contribution in [0.5, 0.6) is 0 Å². The molecule has 3 N–H and O–H groups in total. The number of nitrogens with zero attached hydrogens (tertiary/aromatic N) is 4. The monoisotopic (exact) mass is 565 g/mol. The number of hydrogen-bond acceptors (Lipinski definition) is 10. The lowest BCUT2D eigenvalue weighted by Crippen LogP contribution is -2.58. The summed E-state index contributed by atoms with van der Waals surface area (Å²) in [6.45, 7) is 13.7. The smallest absolute Gasteiger partial charge is 0.410 e. The molecule has 2 amide bonds. The zero-order chi connectivity index (χ0) is 29.8. The zero-order valence-corrected chi connectivity index (χ0v) is 24.6. The quantitative estimate of drug-likeness (QED) is 0.323. The molecule has 1 fully saturated rings. The van der Waals surface area contributed by atoms with E-state index in [0.717, 1.165) is 11.3 Å². The Kier molecular flexibility index (Phi) is 8.81. The summed E-state index contributed by atoms with van der Waals surface area (Å²) in [6.07, 6.45) is 0.203. The molecule has 0 radical (unpaired) electrons. The van der Waals surface area contributed by atoms with Gasteiger partial charge in [0.1, 0.15) is 17.0 Å². The van der Waals surface area contributed by atoms with E-state index >= 15 is 0 Å². The number of hydrogen-bond donors (Lipinski definition) is 3. The number of anilines is 2. The standard InChI is InChI=1S/C29H39N7O5/c1-18-8-11-21(12-9-18)31-22-13-10-19(16-30-22)23-32-24(41-35-23)20-14-15-36(17-20)25(33-26(37)39-28(2,3)4)34-27(38)40-29(5,6)7/h8-13,16,20,25H,14-15,17H2,1-7H3,(H,30,31)(H,33,37)(H,34,38)/t20-/m1/s1. The lowest BCUT2D eigenvalue weighted by atomic mass is 10.1. The third kappa shape index (κ3) is 8.90. The van der Waals surface area contributed by atoms with Crippen molar-refractivity contribution < 1.29 is 23.6 Å². The van der Waals surface area contributed by atoms with Gasteiger partial charge in [0.05, 0.1) is 5.92 Å². The molecule has 3 heterocycles. The highest BCUT2D eigenvalue weighted by Gasteiger charge is 2.35. The van der Waals surface area contributed by atoms with Gasteiger partial charge in [0.25, 0.3) is 0 Å². The Hall–Kier alpha value is -4.19. The molecule has 0 saturated carbocycles. The number of pyridine rings is 1. The minimum Gasteiger partial charge on any atom is -0.444 e. The molecule has 1 aromatic carbocycles. The van der Waals surface area contributed by atoms with Crippen molar-refractivity contribution in [2.45, 2.75) is 78.3 Å². The van der Waals surface area contributed by atoms with Crippen LogP contribution in [0.1, 0.15) is 65.3 Å². The molecular weight excluding hydrogens is 526 g/mol. The Bertz CT molecular complexity index is 1300. The molecule has 2 aromatic heterocycles. The summed E-state index contributed by atoms with van der Waals surface area (Å²) < 4.78 is 16.4. The van der Waals surface area contributed by atoms with Crippen molar-refractivity contribution in [3.63, 3.8) is 0 Å². The van der Waals surface area contributed by atoms with Crippen LogP contribution in [0.4, 0.5) is 21.1 Å². The van der Waals surface area contributed by atoms with Gasteiger partial charge >= 0.3 is 12.2 Å². The van der Waals surface area contributed by atoms with Crippen molar-refractivity contribution in [2.24, 2.45) is 0 Å². The lowest BCUT2D eigenvalue weighted by Gasteiger charge is -2.31. The van der Waals surface area contributed by atoms with Gasteiger partial charge in [0.15, 0.2) is 6.29 Å². The number of aromatic nitrogens is 3. The molecule has 1 aliphatic heterocycles. The average molecular weight is 566 g/mol. The summed E-state index contributed by atoms with van der Waals surface area (Å²) >= 11 is 0. The molecule has 1 atom stereocenters. The molecule has 0 bridgehead atoms. The zero-order valence-electron chi connectivity index (χ0n) is 24.6. The van der Waals surface area contributed by atoms with Crippen LogP contribution in [-0.4, -0.2) is 62.8 Å². The van der Waals surface area contributed by atoms with Gasteiger partial charge in [0, 0.05) is 30.5 Å². The molecule has 0 unspecified atom stereocenters. The first kappa shape index (κ1) is 29.8. The van der Waals surface area contributed by atoms with Gasteiger partial charge in [-0.2, -0.15) is 4.98 Å². The van der Waals surface area contributed by atoms with Gasteiger partial charge in [-0.25, -0.2) is 14.6 Å². The number of benzene rings is 1. The molecular formula is C29H39N7O5. The number of carbonyl (C=O) groups excluding carboxylic acids is 2. The fraction of sp³-hybridized carbons (Fsp3) is 0.483. The number of rotatable bonds is 7. The molecule has 3 aromatic rings. The fourth-order valence-corrected chi connectivity index (χ4v) is 4.18. The van der Waals surface area contributed by atoms with Gasteiger partial charge in [-0.05, 0) is 79.2 Å². The highest BCUT2D eigenvalue weighted by molar-refractivity contribution is 5.71. The van der Waals surface area contributed by atoms with Crippen LogP contribution in [0.15, 0.2) is 47.1 Å². The van der Waals surface area contributed by atoms with Crippen LogP contribution in [0.25, 0.3) is 11.4 Å². The van der Waals surface area contributed by atoms with Crippen LogP contribution in [0.3, 0.4) is 0 Å². The fourth-order valence-electron chi connectivity index (χ4n) is 4.18. The van der Waals surface area contributed by atoms with Crippen LogP contribution < -0.4 is 16.0 Å². The van der Waals surface area contributed by atoms with E-state index in [1.165, 1.54) is 5.56 Å². The molecule has 4 rings (SSSR count). The van der Waals surface area contributed by atoms with Crippen molar-refractivity contribution >= 4 is 23.7 Å². The van der Waals surface area contributed by atoms with Gasteiger partial charge in [-0.3, -0.25) is 15.5 Å². The maximum Gasteiger partial charge on any atom is 0.410 e. The second-order valence-electron chi connectivity index (χ2n) is 12.1. The van der Waals surface area contributed by atoms with E-state index < -0.39 is 29.7 Å². The van der Waals surface area contributed by atoms with Crippen LogP contribution in [0.2, 0.25) is 0 Å². The Morgan fingerprint density at radius 3 is 2.17 bits per heavy atom. The van der Waals surface area contributed by atoms with Crippen molar-refractivity contribution in [1.82, 2.24) is 30.7 Å². The van der Waals surface area contributed by atoms with Gasteiger partial charge < -0.3 is 19.3 Å². The number of nitrogens with one attached hydrogen (secondary N) is 3. The minimum absolute atomic E-state index is 0.102. The number of carbonyl (C=O) groups is 2. The molecule has 220 valence electrons. The van der Waals surface area contributed by atoms with Crippen LogP contribution >= 0.6 is 0 Å². The number of amides is 2. The van der Waals surface area contributed by atoms with Gasteiger partial charge in [0.2, 0.25) is 11.7 Å². The highest BCUT2D eigenvalue weighted by Crippen LogP contribution is 2.29. The summed E-state index contributed by atoms with van der Waals surface area (Å²) in [5.74, 6) is 1.50. The van der Waals surface area contributed by atoms with Crippen molar-refractivity contribution in [2.75, 3.05) is 18.4 Å². The van der Waals surface area contributed by atoms with E-state index in [0.29, 0.717) is 37.0 Å². The largest absolute Gasteiger partial charge is 0.444 e. The second-order valence-corrected chi connectivity index (χ2v) is 12.1. The Balaban J connectivity index is 1.40. The lowest BCUT2D eigenvalue weighted by molar-refractivity contribution is 0.0290. The van der Waals surface area contributed by atoms with E-state index in [4.69, 9.17) is 14.0 Å². The second kappa shape index (κ2) is 12.1. The topological polar surface area (TPSA) is 144 Å². The SMILES string of the molecule is Cc1ccc(Nc2ccc(-c3noc([C@@H]4CCN(C(NC(=O)OC(C)(C)C)NC(=O)OC(C)(C)C)C4)n3)cn2)cc1. The molecule has 1 aliphatic rings. The number of ether oxygens (including phenoxy) is 2. The molecule has 41 heavy (non-hydrogen) atoms. The normalized spacial score (nSPS) is 16.0. The van der Waals surface area contributed by atoms with E-state index in [1.807, 2.05) is 48.2 Å². The first-order valence-corrected chi connectivity index (χ1v) is 13.6. The first-order chi connectivity index (χ1) is 19.2. The average Bonchev–Trinajstić information content (AvgIpc) is 3.53. The Morgan fingerprint density at radius 2 is 1.61 bits per heavy atom. The summed E-state index contributed by atoms with van der Waals surface area (Å²) in [4.78, 5) is 36.1. The molecule has 12 heteroatoms. The third-order valence-corrected chi connectivity index (χ3v) is 6.03. The maximum absolute atomic E-state index is 12.5. The van der Waals surface area contributed by atoms with Crippen LogP contribution in [0, 0.1) is 6.92 Å². The summed E-state index contributed by atoms with van der Waals surface area (Å²) in [6, 6.07) is 11.8. The summed E-state index contributed by atoms with van der Waals surface area (Å²) in [5.41, 5.74) is 1.46. The molecule has 0 aliphatic carbocycles.